The normalized spacial score (nSPS) is 14.4. The molecule has 0 bridgehead atoms. The number of nitrogens with one attached hydrogen (secondary N) is 1. The van der Waals surface area contributed by atoms with Crippen molar-refractivity contribution in [2.24, 2.45) is 28.0 Å². The van der Waals surface area contributed by atoms with E-state index in [0.29, 0.717) is 6.54 Å². The summed E-state index contributed by atoms with van der Waals surface area (Å²) in [6.45, 7) is 8.97. The average molecular weight is 576 g/mol. The minimum atomic E-state index is -1.17. The molecule has 1 atom stereocenters. The summed E-state index contributed by atoms with van der Waals surface area (Å²) in [5, 5.41) is 84.9. The van der Waals surface area contributed by atoms with E-state index in [9.17, 15) is 15.3 Å². The van der Waals surface area contributed by atoms with Crippen molar-refractivity contribution >= 4 is 0 Å². The Bertz CT molecular complexity index is 591. The van der Waals surface area contributed by atoms with Gasteiger partial charge >= 0.3 is 0 Å². The highest BCUT2D eigenvalue weighted by molar-refractivity contribution is 5.11. The quantitative estimate of drug-likeness (QED) is 0.0824. The fourth-order valence-electron chi connectivity index (χ4n) is 3.57. The zero-order valence-corrected chi connectivity index (χ0v) is 25.4. The molecule has 0 aromatic carbocycles. The highest BCUT2D eigenvalue weighted by Gasteiger charge is 2.55. The zero-order valence-electron chi connectivity index (χ0n) is 25.4. The molecule has 0 aromatic heterocycles. The highest BCUT2D eigenvalue weighted by atomic mass is 16.3. The van der Waals surface area contributed by atoms with E-state index in [2.05, 4.69) is 5.32 Å². The van der Waals surface area contributed by atoms with Crippen molar-refractivity contribution < 1.29 is 46.0 Å². The first kappa shape index (κ1) is 42.9. The van der Waals surface area contributed by atoms with Crippen LogP contribution in [0.1, 0.15) is 41.5 Å². The Morgan fingerprint density at radius 3 is 1.13 bits per heavy atom. The molecule has 0 saturated carbocycles. The Labute approximate surface area is 234 Å². The minimum Gasteiger partial charge on any atom is -0.396 e. The molecule has 0 aromatic rings. The number of likely N-dealkylation sites (N-methyl/N-ethyl adjacent to an activating group) is 1. The van der Waals surface area contributed by atoms with E-state index in [1.807, 2.05) is 13.8 Å². The smallest absolute Gasteiger partial charge is 0.0901 e. The number of aliphatic hydroxyl groups is 9. The molecule has 0 rings (SSSR count). The molecule has 39 heavy (non-hydrogen) atoms. The third-order valence-electron chi connectivity index (χ3n) is 7.44. The van der Waals surface area contributed by atoms with Gasteiger partial charge in [-0.3, -0.25) is 4.90 Å². The van der Waals surface area contributed by atoms with Crippen LogP contribution in [-0.4, -0.2) is 159 Å². The topological polar surface area (TPSA) is 275 Å². The Hall–Kier alpha value is -0.560. The van der Waals surface area contributed by atoms with Crippen molar-refractivity contribution in [1.29, 1.82) is 0 Å². The molecule has 0 fully saturated rings. The van der Waals surface area contributed by atoms with E-state index in [1.54, 1.807) is 46.7 Å². The van der Waals surface area contributed by atoms with Gasteiger partial charge in [0.25, 0.3) is 0 Å². The minimum absolute atomic E-state index is 0.0106. The number of nitrogens with zero attached hydrogens (tertiary/aromatic N) is 1. The van der Waals surface area contributed by atoms with Crippen LogP contribution in [0.4, 0.5) is 0 Å². The van der Waals surface area contributed by atoms with Crippen molar-refractivity contribution in [3.05, 3.63) is 0 Å². The van der Waals surface area contributed by atoms with E-state index in [0.717, 1.165) is 0 Å². The lowest BCUT2D eigenvalue weighted by atomic mass is 9.57. The Kier molecular flexibility index (Phi) is 19.9. The second-order valence-electron chi connectivity index (χ2n) is 12.4. The van der Waals surface area contributed by atoms with E-state index in [-0.39, 0.29) is 59.4 Å². The lowest BCUT2D eigenvalue weighted by Crippen LogP contribution is -2.72. The van der Waals surface area contributed by atoms with Gasteiger partial charge in [0, 0.05) is 29.5 Å². The number of hydrogen-bond acceptors (Lipinski definition) is 14. The van der Waals surface area contributed by atoms with Gasteiger partial charge in [-0.2, -0.15) is 0 Å². The summed E-state index contributed by atoms with van der Waals surface area (Å²) in [5.74, 6) is 0. The number of aliphatic hydroxyl groups excluding tert-OH is 9. The van der Waals surface area contributed by atoms with Crippen molar-refractivity contribution in [2.45, 2.75) is 69.8 Å². The van der Waals surface area contributed by atoms with Gasteiger partial charge in [-0.25, -0.2) is 0 Å². The van der Waals surface area contributed by atoms with Gasteiger partial charge in [-0.1, -0.05) is 27.7 Å². The molecule has 0 heterocycles. The van der Waals surface area contributed by atoms with Crippen LogP contribution in [-0.2, 0) is 0 Å². The number of nitrogens with two attached hydrogens (primary N) is 3. The summed E-state index contributed by atoms with van der Waals surface area (Å²) in [6, 6.07) is 0. The average Bonchev–Trinajstić information content (AvgIpc) is 2.90. The molecule has 0 spiro atoms. The van der Waals surface area contributed by atoms with Crippen LogP contribution in [0.2, 0.25) is 0 Å². The lowest BCUT2D eigenvalue weighted by Gasteiger charge is -2.54. The summed E-state index contributed by atoms with van der Waals surface area (Å²) in [7, 11) is 3.39. The molecular formula is C25H61N5O9. The van der Waals surface area contributed by atoms with Gasteiger partial charge in [0.15, 0.2) is 0 Å². The first-order chi connectivity index (χ1) is 17.6. The van der Waals surface area contributed by atoms with Crippen molar-refractivity contribution in [2.75, 3.05) is 80.0 Å². The first-order valence-corrected chi connectivity index (χ1v) is 12.9. The van der Waals surface area contributed by atoms with Crippen molar-refractivity contribution in [3.8, 4) is 0 Å². The summed E-state index contributed by atoms with van der Waals surface area (Å²) >= 11 is 0. The van der Waals surface area contributed by atoms with Crippen LogP contribution in [0.15, 0.2) is 0 Å². The monoisotopic (exact) mass is 575 g/mol. The predicted molar refractivity (Wildman–Crippen MR) is 152 cm³/mol. The van der Waals surface area contributed by atoms with E-state index < -0.39 is 39.1 Å². The van der Waals surface area contributed by atoms with E-state index in [1.165, 1.54) is 0 Å². The van der Waals surface area contributed by atoms with Crippen molar-refractivity contribution in [3.63, 3.8) is 0 Å². The van der Waals surface area contributed by atoms with Crippen LogP contribution in [0.25, 0.3) is 0 Å². The molecule has 0 radical (unpaired) electrons. The van der Waals surface area contributed by atoms with Gasteiger partial charge in [-0.15, -0.1) is 0 Å². The van der Waals surface area contributed by atoms with Crippen LogP contribution in [0.3, 0.4) is 0 Å². The second-order valence-corrected chi connectivity index (χ2v) is 12.4. The standard InChI is InChI=1S/C11H26N2O3.C8H20N2O3.C6H15NO3/c1-9(2,6-14)11(13,8(16)5-12)10(3,4)7-15;1-7(2,9)3-10-8(4-11,5-12)6-13;1-7(2)6(3-8,4-9)5-10/h8,14-16H,5-7,12-13H2,1-4H3;10-13H,3-6,9H2,1-2H3;8-10H,3-5H2,1-2H3. The van der Waals surface area contributed by atoms with Gasteiger partial charge < -0.3 is 68.5 Å². The molecule has 0 saturated heterocycles. The van der Waals surface area contributed by atoms with Gasteiger partial charge in [0.05, 0.1) is 75.6 Å². The summed E-state index contributed by atoms with van der Waals surface area (Å²) in [4.78, 5) is 1.60. The Morgan fingerprint density at radius 1 is 0.641 bits per heavy atom. The van der Waals surface area contributed by atoms with Crippen LogP contribution in [0, 0.1) is 10.8 Å². The number of rotatable bonds is 16. The first-order valence-electron chi connectivity index (χ1n) is 12.9. The number of hydrogen-bond donors (Lipinski definition) is 13. The maximum Gasteiger partial charge on any atom is 0.0901 e. The summed E-state index contributed by atoms with van der Waals surface area (Å²) in [5.41, 5.74) is 12.4. The molecule has 240 valence electrons. The highest BCUT2D eigenvalue weighted by Crippen LogP contribution is 2.44. The molecule has 0 amide bonds. The van der Waals surface area contributed by atoms with Gasteiger partial charge in [0.1, 0.15) is 0 Å². The fourth-order valence-corrected chi connectivity index (χ4v) is 3.57. The molecule has 0 aliphatic carbocycles. The molecule has 16 N–H and O–H groups in total. The maximum atomic E-state index is 10.0. The lowest BCUT2D eigenvalue weighted by molar-refractivity contribution is -0.100. The van der Waals surface area contributed by atoms with E-state index in [4.69, 9.17) is 47.8 Å². The van der Waals surface area contributed by atoms with Crippen LogP contribution in [0.5, 0.6) is 0 Å². The fraction of sp³-hybridized carbons (Fsp3) is 1.00. The van der Waals surface area contributed by atoms with E-state index >= 15 is 0 Å². The third kappa shape index (κ3) is 12.1. The largest absolute Gasteiger partial charge is 0.396 e. The molecule has 14 nitrogen and oxygen atoms in total. The molecule has 1 unspecified atom stereocenters. The zero-order chi connectivity index (χ0) is 31.9. The molecule has 0 aliphatic rings. The molecule has 14 heteroatoms. The van der Waals surface area contributed by atoms with Crippen LogP contribution < -0.4 is 22.5 Å². The Balaban J connectivity index is -0.000000513. The summed E-state index contributed by atoms with van der Waals surface area (Å²) < 4.78 is 0. The maximum absolute atomic E-state index is 10.0. The molecular weight excluding hydrogens is 514 g/mol. The van der Waals surface area contributed by atoms with Gasteiger partial charge in [-0.05, 0) is 27.9 Å². The third-order valence-corrected chi connectivity index (χ3v) is 7.44. The second kappa shape index (κ2) is 18.1. The Morgan fingerprint density at radius 2 is 0.974 bits per heavy atom. The van der Waals surface area contributed by atoms with Crippen molar-refractivity contribution in [1.82, 2.24) is 10.2 Å². The molecule has 0 aliphatic heterocycles. The summed E-state index contributed by atoms with van der Waals surface area (Å²) in [6.07, 6.45) is -0.989. The van der Waals surface area contributed by atoms with Crippen LogP contribution >= 0.6 is 0 Å². The predicted octanol–water partition coefficient (Wildman–Crippen LogP) is -4.67. The van der Waals surface area contributed by atoms with Gasteiger partial charge in [0.2, 0.25) is 0 Å². The SMILES string of the molecule is CC(C)(CO)C(N)(C(O)CN)C(C)(C)CO.CC(C)(N)CNC(CO)(CO)CO.CN(C)C(CO)(CO)CO.